The first-order valence-electron chi connectivity index (χ1n) is 7.89. The van der Waals surface area contributed by atoms with Crippen LogP contribution in [0.4, 0.5) is 0 Å². The summed E-state index contributed by atoms with van der Waals surface area (Å²) in [5, 5.41) is 3.67. The van der Waals surface area contributed by atoms with Crippen molar-refractivity contribution in [3.05, 3.63) is 23.3 Å². The van der Waals surface area contributed by atoms with Crippen molar-refractivity contribution < 1.29 is 14.3 Å². The van der Waals surface area contributed by atoms with E-state index in [1.165, 1.54) is 11.1 Å². The van der Waals surface area contributed by atoms with Gasteiger partial charge >= 0.3 is 0 Å². The zero-order valence-electron chi connectivity index (χ0n) is 12.1. The smallest absolute Gasteiger partial charge is 0.174 e. The molecule has 4 nitrogen and oxygen atoms in total. The van der Waals surface area contributed by atoms with Crippen LogP contribution in [0.3, 0.4) is 0 Å². The maximum absolute atomic E-state index is 12.5. The van der Waals surface area contributed by atoms with Crippen molar-refractivity contribution in [3.8, 4) is 11.5 Å². The van der Waals surface area contributed by atoms with Crippen molar-refractivity contribution in [3.63, 3.8) is 0 Å². The van der Waals surface area contributed by atoms with E-state index >= 15 is 0 Å². The number of ketones is 1. The van der Waals surface area contributed by atoms with Crippen LogP contribution in [0.1, 0.15) is 30.4 Å². The molecule has 110 valence electrons. The van der Waals surface area contributed by atoms with Gasteiger partial charge in [0.25, 0.3) is 0 Å². The van der Waals surface area contributed by atoms with Crippen LogP contribution in [-0.4, -0.2) is 31.6 Å². The van der Waals surface area contributed by atoms with Gasteiger partial charge in [-0.1, -0.05) is 6.07 Å². The maximum Gasteiger partial charge on any atom is 0.174 e. The quantitative estimate of drug-likeness (QED) is 0.851. The first-order chi connectivity index (χ1) is 10.3. The van der Waals surface area contributed by atoms with Crippen molar-refractivity contribution in [1.82, 2.24) is 5.32 Å². The third-order valence-corrected chi connectivity index (χ3v) is 6.12. The molecule has 4 atom stereocenters. The summed E-state index contributed by atoms with van der Waals surface area (Å²) >= 11 is 0. The summed E-state index contributed by atoms with van der Waals surface area (Å²) < 4.78 is 11.7. The molecule has 4 aliphatic rings. The second kappa shape index (κ2) is 3.80. The van der Waals surface area contributed by atoms with Gasteiger partial charge in [0.05, 0.1) is 7.11 Å². The Morgan fingerprint density at radius 1 is 1.43 bits per heavy atom. The molecule has 3 unspecified atom stereocenters. The Balaban J connectivity index is 1.83. The number of carbonyl (C=O) groups is 1. The minimum atomic E-state index is -0.286. The molecule has 1 aromatic carbocycles. The van der Waals surface area contributed by atoms with Crippen molar-refractivity contribution in [2.75, 3.05) is 13.7 Å². The van der Waals surface area contributed by atoms with E-state index in [-0.39, 0.29) is 17.3 Å². The number of methoxy groups -OCH3 is 1. The fourth-order valence-electron chi connectivity index (χ4n) is 5.40. The number of carbonyl (C=O) groups excluding carboxylic acids is 1. The van der Waals surface area contributed by atoms with Crippen molar-refractivity contribution in [2.24, 2.45) is 5.92 Å². The summed E-state index contributed by atoms with van der Waals surface area (Å²) in [7, 11) is 1.68. The number of rotatable bonds is 1. The summed E-state index contributed by atoms with van der Waals surface area (Å²) in [5.41, 5.74) is 2.54. The fourth-order valence-corrected chi connectivity index (χ4v) is 5.40. The molecule has 2 bridgehead atoms. The average molecular weight is 285 g/mol. The molecule has 1 spiro atoms. The van der Waals surface area contributed by atoms with Gasteiger partial charge in [0.1, 0.15) is 0 Å². The van der Waals surface area contributed by atoms with Gasteiger partial charge in [0.15, 0.2) is 23.4 Å². The van der Waals surface area contributed by atoms with Gasteiger partial charge in [-0.2, -0.15) is 0 Å². The average Bonchev–Trinajstić information content (AvgIpc) is 2.83. The van der Waals surface area contributed by atoms with Crippen LogP contribution < -0.4 is 14.8 Å². The fraction of sp³-hybridized carbons (Fsp3) is 0.588. The van der Waals surface area contributed by atoms with Crippen LogP contribution in [-0.2, 0) is 16.6 Å². The van der Waals surface area contributed by atoms with E-state index in [1.54, 1.807) is 7.11 Å². The first kappa shape index (κ1) is 12.0. The number of Topliss-reactive ketones (excluding diaryl/α,β-unsaturated/α-hetero) is 1. The lowest BCUT2D eigenvalue weighted by atomic mass is 9.52. The highest BCUT2D eigenvalue weighted by atomic mass is 16.5. The van der Waals surface area contributed by atoms with E-state index in [0.717, 1.165) is 37.3 Å². The number of benzene rings is 1. The molecule has 2 aliphatic carbocycles. The second-order valence-corrected chi connectivity index (χ2v) is 6.80. The summed E-state index contributed by atoms with van der Waals surface area (Å²) in [5.74, 6) is 2.43. The SMILES string of the molecule is COc1ccc2c3c1OC1C(=O)CCC4[C@@H](C2)NCCC314. The van der Waals surface area contributed by atoms with Gasteiger partial charge in [-0.15, -0.1) is 0 Å². The van der Waals surface area contributed by atoms with Crippen LogP contribution in [0.25, 0.3) is 0 Å². The molecule has 0 aromatic heterocycles. The molecular weight excluding hydrogens is 266 g/mol. The lowest BCUT2D eigenvalue weighted by molar-refractivity contribution is -0.135. The molecule has 0 amide bonds. The molecule has 1 saturated carbocycles. The number of hydrogen-bond acceptors (Lipinski definition) is 4. The van der Waals surface area contributed by atoms with Crippen LogP contribution in [0.15, 0.2) is 12.1 Å². The minimum Gasteiger partial charge on any atom is -0.493 e. The highest BCUT2D eigenvalue weighted by Gasteiger charge is 2.64. The predicted octanol–water partition coefficient (Wildman–Crippen LogP) is 1.59. The number of hydrogen-bond donors (Lipinski definition) is 1. The Labute approximate surface area is 123 Å². The summed E-state index contributed by atoms with van der Waals surface area (Å²) in [6.07, 6.45) is 3.40. The first-order valence-corrected chi connectivity index (χ1v) is 7.89. The molecule has 2 aliphatic heterocycles. The topological polar surface area (TPSA) is 47.6 Å². The van der Waals surface area contributed by atoms with Crippen LogP contribution in [0, 0.1) is 5.92 Å². The zero-order valence-corrected chi connectivity index (χ0v) is 12.1. The lowest BCUT2D eigenvalue weighted by Gasteiger charge is -2.54. The van der Waals surface area contributed by atoms with Gasteiger partial charge in [-0.25, -0.2) is 0 Å². The molecule has 1 N–H and O–H groups in total. The Kier molecular flexibility index (Phi) is 2.18. The molecule has 1 aromatic rings. The standard InChI is InChI=1S/C17H19NO3/c1-20-13-5-2-9-8-11-10-3-4-12(19)16-17(10,6-7-18-11)14(9)15(13)21-16/h2,5,10-11,16,18H,3-4,6-8H2,1H3/t10?,11-,16?,17?/m1/s1. The Morgan fingerprint density at radius 3 is 3.19 bits per heavy atom. The van der Waals surface area contributed by atoms with Crippen molar-refractivity contribution in [2.45, 2.75) is 43.2 Å². The van der Waals surface area contributed by atoms with Crippen molar-refractivity contribution >= 4 is 5.78 Å². The van der Waals surface area contributed by atoms with E-state index in [2.05, 4.69) is 11.4 Å². The molecule has 4 heteroatoms. The third kappa shape index (κ3) is 1.24. The molecule has 21 heavy (non-hydrogen) atoms. The van der Waals surface area contributed by atoms with E-state index < -0.39 is 0 Å². The maximum atomic E-state index is 12.5. The molecular formula is C17H19NO3. The van der Waals surface area contributed by atoms with Gasteiger partial charge in [-0.3, -0.25) is 4.79 Å². The Bertz CT molecular complexity index is 656. The van der Waals surface area contributed by atoms with E-state index in [9.17, 15) is 4.79 Å². The minimum absolute atomic E-state index is 0.0945. The van der Waals surface area contributed by atoms with E-state index in [0.29, 0.717) is 18.4 Å². The summed E-state index contributed by atoms with van der Waals surface area (Å²) in [4.78, 5) is 12.5. The van der Waals surface area contributed by atoms with Gasteiger partial charge in [-0.05, 0) is 43.4 Å². The largest absolute Gasteiger partial charge is 0.493 e. The Morgan fingerprint density at radius 2 is 2.33 bits per heavy atom. The van der Waals surface area contributed by atoms with Crippen molar-refractivity contribution in [1.29, 1.82) is 0 Å². The molecule has 5 rings (SSSR count). The molecule has 2 fully saturated rings. The predicted molar refractivity (Wildman–Crippen MR) is 76.9 cm³/mol. The normalized spacial score (nSPS) is 38.7. The molecule has 0 radical (unpaired) electrons. The molecule has 2 heterocycles. The monoisotopic (exact) mass is 285 g/mol. The summed E-state index contributed by atoms with van der Waals surface area (Å²) in [6.45, 7) is 0.977. The highest BCUT2D eigenvalue weighted by Crippen LogP contribution is 2.61. The van der Waals surface area contributed by atoms with Gasteiger partial charge < -0.3 is 14.8 Å². The summed E-state index contributed by atoms with van der Waals surface area (Å²) in [6, 6.07) is 4.65. The van der Waals surface area contributed by atoms with Crippen LogP contribution in [0.5, 0.6) is 11.5 Å². The van der Waals surface area contributed by atoms with E-state index in [4.69, 9.17) is 9.47 Å². The zero-order chi connectivity index (χ0) is 14.2. The second-order valence-electron chi connectivity index (χ2n) is 6.80. The lowest BCUT2D eigenvalue weighted by Crippen LogP contribution is -2.65. The number of nitrogens with one attached hydrogen (secondary N) is 1. The highest BCUT2D eigenvalue weighted by molar-refractivity contribution is 5.89. The Hall–Kier alpha value is -1.55. The van der Waals surface area contributed by atoms with Crippen LogP contribution in [0.2, 0.25) is 0 Å². The molecule has 1 saturated heterocycles. The third-order valence-electron chi connectivity index (χ3n) is 6.12. The van der Waals surface area contributed by atoms with Crippen LogP contribution >= 0.6 is 0 Å². The van der Waals surface area contributed by atoms with Gasteiger partial charge in [0, 0.05) is 23.4 Å². The van der Waals surface area contributed by atoms with E-state index in [1.807, 2.05) is 6.07 Å². The number of ether oxygens (including phenoxy) is 2. The van der Waals surface area contributed by atoms with Gasteiger partial charge in [0.2, 0.25) is 0 Å². The number of piperidine rings is 1.